The van der Waals surface area contributed by atoms with Gasteiger partial charge in [0, 0.05) is 19.2 Å². The van der Waals surface area contributed by atoms with Gasteiger partial charge in [0.05, 0.1) is 0 Å². The molecule has 0 aromatic carbocycles. The molecular formula is C10H12N2O. The number of carbonyl (C=O) groups is 1. The van der Waals surface area contributed by atoms with Crippen LogP contribution in [0.1, 0.15) is 18.4 Å². The zero-order valence-electron chi connectivity index (χ0n) is 7.66. The van der Waals surface area contributed by atoms with Crippen LogP contribution >= 0.6 is 0 Å². The molecule has 1 amide bonds. The lowest BCUT2D eigenvalue weighted by Gasteiger charge is -2.14. The smallest absolute Gasteiger partial charge is 0.228 e. The predicted octanol–water partition coefficient (Wildman–Crippen LogP) is 1.52. The van der Waals surface area contributed by atoms with Crippen molar-refractivity contribution in [3.05, 3.63) is 23.9 Å². The van der Waals surface area contributed by atoms with Crippen molar-refractivity contribution in [1.29, 1.82) is 0 Å². The zero-order valence-corrected chi connectivity index (χ0v) is 7.66. The Morgan fingerprint density at radius 3 is 3.00 bits per heavy atom. The maximum Gasteiger partial charge on any atom is 0.228 e. The molecule has 1 saturated heterocycles. The fraction of sp³-hybridized carbons (Fsp3) is 0.400. The van der Waals surface area contributed by atoms with Crippen molar-refractivity contribution >= 4 is 11.7 Å². The van der Waals surface area contributed by atoms with Crippen LogP contribution in [-0.4, -0.2) is 17.4 Å². The quantitative estimate of drug-likeness (QED) is 0.650. The van der Waals surface area contributed by atoms with E-state index in [4.69, 9.17) is 0 Å². The second kappa shape index (κ2) is 3.17. The van der Waals surface area contributed by atoms with Gasteiger partial charge in [-0.25, -0.2) is 4.98 Å². The highest BCUT2D eigenvalue weighted by Crippen LogP contribution is 2.19. The van der Waals surface area contributed by atoms with Gasteiger partial charge in [0.1, 0.15) is 5.82 Å². The summed E-state index contributed by atoms with van der Waals surface area (Å²) in [5.74, 6) is 0.987. The summed E-state index contributed by atoms with van der Waals surface area (Å²) >= 11 is 0. The average Bonchev–Trinajstić information content (AvgIpc) is 2.51. The molecule has 0 bridgehead atoms. The van der Waals surface area contributed by atoms with Crippen LogP contribution in [0.25, 0.3) is 0 Å². The third-order valence-corrected chi connectivity index (χ3v) is 2.25. The van der Waals surface area contributed by atoms with Crippen LogP contribution < -0.4 is 4.90 Å². The lowest BCUT2D eigenvalue weighted by atomic mass is 10.3. The lowest BCUT2D eigenvalue weighted by Crippen LogP contribution is -2.24. The monoisotopic (exact) mass is 176 g/mol. The summed E-state index contributed by atoms with van der Waals surface area (Å²) in [5, 5.41) is 0. The Morgan fingerprint density at radius 1 is 1.54 bits per heavy atom. The molecule has 2 heterocycles. The Kier molecular flexibility index (Phi) is 2.00. The van der Waals surface area contributed by atoms with Crippen LogP contribution in [0.4, 0.5) is 5.82 Å². The number of hydrogen-bond acceptors (Lipinski definition) is 2. The maximum atomic E-state index is 11.4. The third kappa shape index (κ3) is 1.54. The molecule has 0 spiro atoms. The number of anilines is 1. The van der Waals surface area contributed by atoms with Crippen molar-refractivity contribution in [3.8, 4) is 0 Å². The van der Waals surface area contributed by atoms with E-state index < -0.39 is 0 Å². The zero-order chi connectivity index (χ0) is 9.26. The topological polar surface area (TPSA) is 33.2 Å². The normalized spacial score (nSPS) is 16.7. The van der Waals surface area contributed by atoms with Gasteiger partial charge in [0.15, 0.2) is 0 Å². The van der Waals surface area contributed by atoms with Crippen molar-refractivity contribution < 1.29 is 4.79 Å². The van der Waals surface area contributed by atoms with E-state index in [0.717, 1.165) is 24.3 Å². The molecule has 2 rings (SSSR count). The predicted molar refractivity (Wildman–Crippen MR) is 50.6 cm³/mol. The summed E-state index contributed by atoms with van der Waals surface area (Å²) in [5.41, 5.74) is 1.14. The number of carbonyl (C=O) groups excluding carboxylic acids is 1. The Balaban J connectivity index is 2.29. The largest absolute Gasteiger partial charge is 0.297 e. The number of nitrogens with zero attached hydrogens (tertiary/aromatic N) is 2. The van der Waals surface area contributed by atoms with Gasteiger partial charge < -0.3 is 0 Å². The second-order valence-corrected chi connectivity index (χ2v) is 3.34. The van der Waals surface area contributed by atoms with Crippen molar-refractivity contribution in [2.75, 3.05) is 11.4 Å². The average molecular weight is 176 g/mol. The van der Waals surface area contributed by atoms with Gasteiger partial charge >= 0.3 is 0 Å². The van der Waals surface area contributed by atoms with Crippen molar-refractivity contribution in [1.82, 2.24) is 4.98 Å². The second-order valence-electron chi connectivity index (χ2n) is 3.34. The first-order chi connectivity index (χ1) is 6.27. The first-order valence-electron chi connectivity index (χ1n) is 4.50. The van der Waals surface area contributed by atoms with Gasteiger partial charge in [-0.1, -0.05) is 0 Å². The SMILES string of the molecule is Cc1ccnc(N2CCCC2=O)c1. The summed E-state index contributed by atoms with van der Waals surface area (Å²) < 4.78 is 0. The molecule has 3 heteroatoms. The minimum atomic E-state index is 0.193. The summed E-state index contributed by atoms with van der Waals surface area (Å²) in [6, 6.07) is 3.88. The third-order valence-electron chi connectivity index (χ3n) is 2.25. The summed E-state index contributed by atoms with van der Waals surface area (Å²) in [6.07, 6.45) is 3.36. The molecule has 0 unspecified atom stereocenters. The van der Waals surface area contributed by atoms with Gasteiger partial charge in [-0.3, -0.25) is 9.69 Å². The number of rotatable bonds is 1. The first kappa shape index (κ1) is 8.23. The van der Waals surface area contributed by atoms with Gasteiger partial charge in [-0.05, 0) is 31.0 Å². The van der Waals surface area contributed by atoms with Crippen LogP contribution in [0.3, 0.4) is 0 Å². The molecule has 1 aliphatic heterocycles. The van der Waals surface area contributed by atoms with Crippen molar-refractivity contribution in [3.63, 3.8) is 0 Å². The van der Waals surface area contributed by atoms with E-state index in [1.807, 2.05) is 19.1 Å². The standard InChI is InChI=1S/C10H12N2O/c1-8-4-5-11-9(7-8)12-6-2-3-10(12)13/h4-5,7H,2-3,6H2,1H3. The molecule has 0 radical (unpaired) electrons. The van der Waals surface area contributed by atoms with E-state index in [0.29, 0.717) is 6.42 Å². The lowest BCUT2D eigenvalue weighted by molar-refractivity contribution is -0.117. The molecular weight excluding hydrogens is 164 g/mol. The Labute approximate surface area is 77.4 Å². The van der Waals surface area contributed by atoms with E-state index in [2.05, 4.69) is 4.98 Å². The highest BCUT2D eigenvalue weighted by Gasteiger charge is 2.22. The number of aromatic nitrogens is 1. The summed E-state index contributed by atoms with van der Waals surface area (Å²) in [7, 11) is 0. The fourth-order valence-electron chi connectivity index (χ4n) is 1.56. The Morgan fingerprint density at radius 2 is 2.38 bits per heavy atom. The van der Waals surface area contributed by atoms with E-state index in [9.17, 15) is 4.79 Å². The minimum Gasteiger partial charge on any atom is -0.297 e. The van der Waals surface area contributed by atoms with Gasteiger partial charge in [0.2, 0.25) is 5.91 Å². The van der Waals surface area contributed by atoms with Gasteiger partial charge in [-0.2, -0.15) is 0 Å². The number of amides is 1. The van der Waals surface area contributed by atoms with Crippen LogP contribution in [0, 0.1) is 6.92 Å². The molecule has 68 valence electrons. The van der Waals surface area contributed by atoms with Crippen LogP contribution in [0.2, 0.25) is 0 Å². The van der Waals surface area contributed by atoms with Crippen molar-refractivity contribution in [2.45, 2.75) is 19.8 Å². The molecule has 0 saturated carbocycles. The Hall–Kier alpha value is -1.38. The maximum absolute atomic E-state index is 11.4. The summed E-state index contributed by atoms with van der Waals surface area (Å²) in [4.78, 5) is 17.3. The fourth-order valence-corrected chi connectivity index (χ4v) is 1.56. The molecule has 1 aliphatic rings. The summed E-state index contributed by atoms with van der Waals surface area (Å²) in [6.45, 7) is 2.82. The molecule has 13 heavy (non-hydrogen) atoms. The number of hydrogen-bond donors (Lipinski definition) is 0. The molecule has 1 aromatic heterocycles. The van der Waals surface area contributed by atoms with Crippen molar-refractivity contribution in [2.24, 2.45) is 0 Å². The van der Waals surface area contributed by atoms with Crippen LogP contribution in [-0.2, 0) is 4.79 Å². The first-order valence-corrected chi connectivity index (χ1v) is 4.50. The van der Waals surface area contributed by atoms with Gasteiger partial charge in [0.25, 0.3) is 0 Å². The van der Waals surface area contributed by atoms with E-state index >= 15 is 0 Å². The van der Waals surface area contributed by atoms with E-state index in [-0.39, 0.29) is 5.91 Å². The molecule has 1 fully saturated rings. The highest BCUT2D eigenvalue weighted by molar-refractivity contribution is 5.94. The molecule has 3 nitrogen and oxygen atoms in total. The van der Waals surface area contributed by atoms with E-state index in [1.54, 1.807) is 11.1 Å². The molecule has 0 atom stereocenters. The molecule has 0 aliphatic carbocycles. The number of pyridine rings is 1. The molecule has 0 N–H and O–H groups in total. The Bertz CT molecular complexity index is 335. The van der Waals surface area contributed by atoms with Crippen LogP contribution in [0.15, 0.2) is 18.3 Å². The van der Waals surface area contributed by atoms with Gasteiger partial charge in [-0.15, -0.1) is 0 Å². The van der Waals surface area contributed by atoms with Crippen LogP contribution in [0.5, 0.6) is 0 Å². The minimum absolute atomic E-state index is 0.193. The highest BCUT2D eigenvalue weighted by atomic mass is 16.2. The van der Waals surface area contributed by atoms with E-state index in [1.165, 1.54) is 0 Å². The number of aryl methyl sites for hydroxylation is 1. The molecule has 1 aromatic rings.